The summed E-state index contributed by atoms with van der Waals surface area (Å²) in [6, 6.07) is 5.32. The molecule has 0 unspecified atom stereocenters. The van der Waals surface area contributed by atoms with Crippen LogP contribution >= 0.6 is 34.5 Å². The number of carbonyl (C=O) groups is 1. The molecule has 1 amide bonds. The number of benzene rings is 1. The average Bonchev–Trinajstić information content (AvgIpc) is 2.88. The highest BCUT2D eigenvalue weighted by atomic mass is 35.5. The fourth-order valence-electron chi connectivity index (χ4n) is 1.56. The van der Waals surface area contributed by atoms with Crippen LogP contribution in [0.3, 0.4) is 0 Å². The molecule has 0 saturated heterocycles. The van der Waals surface area contributed by atoms with E-state index in [4.69, 9.17) is 28.9 Å². The highest BCUT2D eigenvalue weighted by Crippen LogP contribution is 2.31. The van der Waals surface area contributed by atoms with Crippen LogP contribution in [0.5, 0.6) is 0 Å². The summed E-state index contributed by atoms with van der Waals surface area (Å²) >= 11 is 13.3. The SMILES string of the molecule is NCCCC(=O)Nc1csc(-c2ccc(Cl)c(Cl)c2)n1. The van der Waals surface area contributed by atoms with Crippen molar-refractivity contribution in [2.45, 2.75) is 12.8 Å². The van der Waals surface area contributed by atoms with E-state index in [0.717, 1.165) is 10.6 Å². The van der Waals surface area contributed by atoms with Crippen molar-refractivity contribution in [1.82, 2.24) is 4.98 Å². The van der Waals surface area contributed by atoms with Gasteiger partial charge in [-0.15, -0.1) is 11.3 Å². The van der Waals surface area contributed by atoms with Crippen molar-refractivity contribution >= 4 is 46.3 Å². The highest BCUT2D eigenvalue weighted by Gasteiger charge is 2.09. The number of nitrogens with zero attached hydrogens (tertiary/aromatic N) is 1. The number of hydrogen-bond donors (Lipinski definition) is 2. The number of rotatable bonds is 5. The largest absolute Gasteiger partial charge is 0.330 e. The third-order valence-electron chi connectivity index (χ3n) is 2.55. The van der Waals surface area contributed by atoms with Crippen LogP contribution in [-0.2, 0) is 4.79 Å². The molecule has 3 N–H and O–H groups in total. The first-order valence-electron chi connectivity index (χ1n) is 6.01. The van der Waals surface area contributed by atoms with Gasteiger partial charge in [0.25, 0.3) is 0 Å². The van der Waals surface area contributed by atoms with Crippen LogP contribution in [0.15, 0.2) is 23.6 Å². The maximum absolute atomic E-state index is 11.6. The molecule has 2 rings (SSSR count). The zero-order valence-corrected chi connectivity index (χ0v) is 12.9. The minimum Gasteiger partial charge on any atom is -0.330 e. The zero-order chi connectivity index (χ0) is 14.5. The van der Waals surface area contributed by atoms with Crippen LogP contribution in [0.1, 0.15) is 12.8 Å². The summed E-state index contributed by atoms with van der Waals surface area (Å²) < 4.78 is 0. The Kier molecular flexibility index (Phi) is 5.37. The molecule has 0 bridgehead atoms. The lowest BCUT2D eigenvalue weighted by Crippen LogP contribution is -2.13. The van der Waals surface area contributed by atoms with E-state index in [1.54, 1.807) is 17.5 Å². The molecule has 0 fully saturated rings. The van der Waals surface area contributed by atoms with E-state index in [1.807, 2.05) is 6.07 Å². The second-order valence-electron chi connectivity index (χ2n) is 4.11. The zero-order valence-electron chi connectivity index (χ0n) is 10.5. The number of anilines is 1. The summed E-state index contributed by atoms with van der Waals surface area (Å²) in [5, 5.41) is 6.29. The molecule has 4 nitrogen and oxygen atoms in total. The van der Waals surface area contributed by atoms with E-state index >= 15 is 0 Å². The van der Waals surface area contributed by atoms with Gasteiger partial charge < -0.3 is 11.1 Å². The van der Waals surface area contributed by atoms with Gasteiger partial charge in [0, 0.05) is 17.4 Å². The van der Waals surface area contributed by atoms with Gasteiger partial charge in [0.15, 0.2) is 0 Å². The van der Waals surface area contributed by atoms with Gasteiger partial charge in [0.2, 0.25) is 5.91 Å². The normalized spacial score (nSPS) is 10.6. The number of nitrogens with one attached hydrogen (secondary N) is 1. The number of halogens is 2. The first-order chi connectivity index (χ1) is 9.60. The summed E-state index contributed by atoms with van der Waals surface area (Å²) in [6.07, 6.45) is 1.06. The van der Waals surface area contributed by atoms with Crippen molar-refractivity contribution < 1.29 is 4.79 Å². The Hall–Kier alpha value is -1.14. The van der Waals surface area contributed by atoms with Crippen LogP contribution in [0.4, 0.5) is 5.82 Å². The molecule has 0 aliphatic carbocycles. The van der Waals surface area contributed by atoms with E-state index in [1.165, 1.54) is 11.3 Å². The van der Waals surface area contributed by atoms with Gasteiger partial charge in [-0.2, -0.15) is 0 Å². The number of hydrogen-bond acceptors (Lipinski definition) is 4. The molecule has 7 heteroatoms. The molecule has 0 atom stereocenters. The Balaban J connectivity index is 2.08. The second kappa shape index (κ2) is 7.04. The predicted octanol–water partition coefficient (Wildman–Crippen LogP) is 3.79. The molecular formula is C13H13Cl2N3OS. The van der Waals surface area contributed by atoms with Crippen molar-refractivity contribution in [3.8, 4) is 10.6 Å². The molecular weight excluding hydrogens is 317 g/mol. The lowest BCUT2D eigenvalue weighted by atomic mass is 10.2. The first-order valence-corrected chi connectivity index (χ1v) is 7.64. The lowest BCUT2D eigenvalue weighted by Gasteiger charge is -2.01. The maximum Gasteiger partial charge on any atom is 0.225 e. The maximum atomic E-state index is 11.6. The molecule has 1 aromatic heterocycles. The highest BCUT2D eigenvalue weighted by molar-refractivity contribution is 7.13. The molecule has 0 radical (unpaired) electrons. The van der Waals surface area contributed by atoms with E-state index in [9.17, 15) is 4.79 Å². The van der Waals surface area contributed by atoms with Crippen molar-refractivity contribution in [3.63, 3.8) is 0 Å². The third kappa shape index (κ3) is 3.93. The minimum atomic E-state index is -0.0820. The van der Waals surface area contributed by atoms with Gasteiger partial charge in [-0.3, -0.25) is 4.79 Å². The quantitative estimate of drug-likeness (QED) is 0.876. The third-order valence-corrected chi connectivity index (χ3v) is 4.18. The fraction of sp³-hybridized carbons (Fsp3) is 0.231. The van der Waals surface area contributed by atoms with Crippen molar-refractivity contribution in [1.29, 1.82) is 0 Å². The minimum absolute atomic E-state index is 0.0820. The molecule has 20 heavy (non-hydrogen) atoms. The molecule has 1 aromatic carbocycles. The van der Waals surface area contributed by atoms with Crippen LogP contribution in [-0.4, -0.2) is 17.4 Å². The van der Waals surface area contributed by atoms with Crippen molar-refractivity contribution in [2.24, 2.45) is 5.73 Å². The number of nitrogens with two attached hydrogens (primary N) is 1. The topological polar surface area (TPSA) is 68.0 Å². The monoisotopic (exact) mass is 329 g/mol. The number of amides is 1. The summed E-state index contributed by atoms with van der Waals surface area (Å²) in [5.74, 6) is 0.458. The number of carbonyl (C=O) groups excluding carboxylic acids is 1. The molecule has 1 heterocycles. The van der Waals surface area contributed by atoms with E-state index < -0.39 is 0 Å². The Morgan fingerprint density at radius 3 is 2.85 bits per heavy atom. The van der Waals surface area contributed by atoms with Crippen LogP contribution in [0, 0.1) is 0 Å². The van der Waals surface area contributed by atoms with E-state index in [0.29, 0.717) is 35.2 Å². The summed E-state index contributed by atoms with van der Waals surface area (Å²) in [6.45, 7) is 0.499. The van der Waals surface area contributed by atoms with Gasteiger partial charge in [-0.25, -0.2) is 4.98 Å². The number of aromatic nitrogens is 1. The average molecular weight is 330 g/mol. The fourth-order valence-corrected chi connectivity index (χ4v) is 2.61. The van der Waals surface area contributed by atoms with Crippen LogP contribution in [0.2, 0.25) is 10.0 Å². The molecule has 0 saturated carbocycles. The molecule has 106 valence electrons. The standard InChI is InChI=1S/C13H13Cl2N3OS/c14-9-4-3-8(6-10(9)15)13-18-11(7-20-13)17-12(19)2-1-5-16/h3-4,6-7H,1-2,5,16H2,(H,17,19). The summed E-state index contributed by atoms with van der Waals surface area (Å²) in [7, 11) is 0. The molecule has 0 spiro atoms. The Morgan fingerprint density at radius 1 is 1.35 bits per heavy atom. The molecule has 2 aromatic rings. The van der Waals surface area contributed by atoms with E-state index in [2.05, 4.69) is 10.3 Å². The molecule has 0 aliphatic rings. The summed E-state index contributed by atoms with van der Waals surface area (Å²) in [4.78, 5) is 15.9. The van der Waals surface area contributed by atoms with Gasteiger partial charge in [0.05, 0.1) is 10.0 Å². The lowest BCUT2D eigenvalue weighted by molar-refractivity contribution is -0.116. The smallest absolute Gasteiger partial charge is 0.225 e. The van der Waals surface area contributed by atoms with Crippen LogP contribution < -0.4 is 11.1 Å². The summed E-state index contributed by atoms with van der Waals surface area (Å²) in [5.41, 5.74) is 6.23. The molecule has 0 aliphatic heterocycles. The van der Waals surface area contributed by atoms with Gasteiger partial charge in [0.1, 0.15) is 10.8 Å². The second-order valence-corrected chi connectivity index (χ2v) is 5.78. The van der Waals surface area contributed by atoms with E-state index in [-0.39, 0.29) is 5.91 Å². The van der Waals surface area contributed by atoms with Gasteiger partial charge >= 0.3 is 0 Å². The Bertz CT molecular complexity index is 615. The van der Waals surface area contributed by atoms with Crippen LogP contribution in [0.25, 0.3) is 10.6 Å². The van der Waals surface area contributed by atoms with Gasteiger partial charge in [-0.1, -0.05) is 29.3 Å². The number of thiazole rings is 1. The predicted molar refractivity (Wildman–Crippen MR) is 84.5 cm³/mol. The van der Waals surface area contributed by atoms with Crippen molar-refractivity contribution in [3.05, 3.63) is 33.6 Å². The van der Waals surface area contributed by atoms with Crippen molar-refractivity contribution in [2.75, 3.05) is 11.9 Å². The Labute approximate surface area is 130 Å². The van der Waals surface area contributed by atoms with Gasteiger partial charge in [-0.05, 0) is 25.1 Å². The Morgan fingerprint density at radius 2 is 2.15 bits per heavy atom. The first kappa shape index (κ1) is 15.3.